The number of benzene rings is 2. The summed E-state index contributed by atoms with van der Waals surface area (Å²) >= 11 is 6.68. The topological polar surface area (TPSA) is 84.9 Å². The molecule has 0 radical (unpaired) electrons. The number of methoxy groups -OCH3 is 1. The highest BCUT2D eigenvalue weighted by Gasteiger charge is 2.34. The summed E-state index contributed by atoms with van der Waals surface area (Å²) < 4.78 is 33.9. The predicted octanol–water partition coefficient (Wildman–Crippen LogP) is 4.42. The van der Waals surface area contributed by atoms with Crippen LogP contribution in [0, 0.1) is 0 Å². The number of rotatable bonds is 8. The van der Waals surface area contributed by atoms with Crippen molar-refractivity contribution in [2.24, 2.45) is 0 Å². The number of imide groups is 1. The smallest absolute Gasteiger partial charge is 0.387 e. The van der Waals surface area contributed by atoms with Gasteiger partial charge in [-0.15, -0.1) is 0 Å². The van der Waals surface area contributed by atoms with Crippen LogP contribution in [0.5, 0.6) is 11.5 Å². The Bertz CT molecular complexity index is 1060. The molecule has 1 heterocycles. The highest BCUT2D eigenvalue weighted by Crippen LogP contribution is 2.32. The van der Waals surface area contributed by atoms with Crippen LogP contribution in [0.1, 0.15) is 15.9 Å². The summed E-state index contributed by atoms with van der Waals surface area (Å²) in [6, 6.07) is 10.3. The molecule has 32 heavy (non-hydrogen) atoms. The molecule has 2 aromatic rings. The molecule has 2 aromatic carbocycles. The highest BCUT2D eigenvalue weighted by atomic mass is 35.5. The second kappa shape index (κ2) is 10.5. The summed E-state index contributed by atoms with van der Waals surface area (Å²) in [5.41, 5.74) is 0.770. The van der Waals surface area contributed by atoms with Crippen LogP contribution in [0.15, 0.2) is 47.4 Å². The monoisotopic (exact) mass is 482 g/mol. The standard InChI is InChI=1S/C21H17ClF2N2O5S/c1-30-16-7-4-13(22)11-15(16)18(27)25-8-9-26-19(28)17(32-21(26)29)10-12-2-5-14(6-3-12)31-20(23)24/h2-7,10-11,20H,8-9H2,1H3,(H,25,27)/b17-10-. The van der Waals surface area contributed by atoms with Crippen molar-refractivity contribution in [3.63, 3.8) is 0 Å². The van der Waals surface area contributed by atoms with E-state index in [0.717, 1.165) is 16.7 Å². The summed E-state index contributed by atoms with van der Waals surface area (Å²) in [6.07, 6.45) is 1.48. The molecule has 1 aliphatic heterocycles. The lowest BCUT2D eigenvalue weighted by molar-refractivity contribution is -0.122. The average Bonchev–Trinajstić information content (AvgIpc) is 3.02. The zero-order chi connectivity index (χ0) is 23.3. The zero-order valence-electron chi connectivity index (χ0n) is 16.6. The molecular weight excluding hydrogens is 466 g/mol. The normalized spacial score (nSPS) is 14.9. The van der Waals surface area contributed by atoms with Gasteiger partial charge < -0.3 is 14.8 Å². The van der Waals surface area contributed by atoms with Crippen molar-refractivity contribution >= 4 is 46.5 Å². The Kier molecular flexibility index (Phi) is 7.70. The molecule has 1 saturated heterocycles. The molecule has 0 unspecified atom stereocenters. The summed E-state index contributed by atoms with van der Waals surface area (Å²) in [5.74, 6) is -0.649. The fourth-order valence-corrected chi connectivity index (χ4v) is 3.86. The number of carbonyl (C=O) groups excluding carboxylic acids is 3. The Hall–Kier alpha value is -3.11. The van der Waals surface area contributed by atoms with Gasteiger partial charge >= 0.3 is 6.61 Å². The highest BCUT2D eigenvalue weighted by molar-refractivity contribution is 8.18. The second-order valence-corrected chi connectivity index (χ2v) is 7.81. The number of hydrogen-bond acceptors (Lipinski definition) is 6. The van der Waals surface area contributed by atoms with Gasteiger partial charge in [0.2, 0.25) is 0 Å². The van der Waals surface area contributed by atoms with E-state index in [9.17, 15) is 23.2 Å². The molecule has 168 valence electrons. The molecule has 0 aromatic heterocycles. The first-order valence-electron chi connectivity index (χ1n) is 9.20. The third-order valence-electron chi connectivity index (χ3n) is 4.30. The number of ether oxygens (including phenoxy) is 2. The van der Waals surface area contributed by atoms with E-state index in [2.05, 4.69) is 10.1 Å². The summed E-state index contributed by atoms with van der Waals surface area (Å²) in [7, 11) is 1.42. The minimum absolute atomic E-state index is 0.0164. The van der Waals surface area contributed by atoms with E-state index in [-0.39, 0.29) is 29.3 Å². The lowest BCUT2D eigenvalue weighted by atomic mass is 10.2. The average molecular weight is 483 g/mol. The van der Waals surface area contributed by atoms with Crippen molar-refractivity contribution < 1.29 is 32.6 Å². The lowest BCUT2D eigenvalue weighted by Crippen LogP contribution is -2.37. The van der Waals surface area contributed by atoms with Gasteiger partial charge in [0.05, 0.1) is 17.6 Å². The number of amides is 3. The molecule has 7 nitrogen and oxygen atoms in total. The number of carbonyl (C=O) groups is 3. The largest absolute Gasteiger partial charge is 0.496 e. The van der Waals surface area contributed by atoms with Crippen LogP contribution >= 0.6 is 23.4 Å². The number of alkyl halides is 2. The number of thioether (sulfide) groups is 1. The Morgan fingerprint density at radius 3 is 2.59 bits per heavy atom. The molecule has 0 saturated carbocycles. The maximum absolute atomic E-state index is 12.6. The van der Waals surface area contributed by atoms with Crippen molar-refractivity contribution in [3.8, 4) is 11.5 Å². The van der Waals surface area contributed by atoms with E-state index in [1.165, 1.54) is 43.5 Å². The molecule has 3 rings (SSSR count). The number of nitrogens with one attached hydrogen (secondary N) is 1. The van der Waals surface area contributed by atoms with E-state index in [1.54, 1.807) is 12.1 Å². The zero-order valence-corrected chi connectivity index (χ0v) is 18.2. The lowest BCUT2D eigenvalue weighted by Gasteiger charge is -2.14. The minimum atomic E-state index is -2.93. The molecule has 1 aliphatic rings. The van der Waals surface area contributed by atoms with Gasteiger partial charge in [0.25, 0.3) is 17.1 Å². The van der Waals surface area contributed by atoms with Crippen LogP contribution in [0.4, 0.5) is 13.6 Å². The first-order chi connectivity index (χ1) is 15.3. The molecule has 0 atom stereocenters. The van der Waals surface area contributed by atoms with Gasteiger partial charge in [0.15, 0.2) is 0 Å². The van der Waals surface area contributed by atoms with E-state index in [0.29, 0.717) is 16.3 Å². The van der Waals surface area contributed by atoms with Crippen molar-refractivity contribution in [1.29, 1.82) is 0 Å². The molecule has 11 heteroatoms. The van der Waals surface area contributed by atoms with Crippen LogP contribution in [0.2, 0.25) is 5.02 Å². The van der Waals surface area contributed by atoms with E-state index < -0.39 is 23.7 Å². The van der Waals surface area contributed by atoms with Crippen LogP contribution in [-0.4, -0.2) is 48.8 Å². The molecule has 3 amide bonds. The fraction of sp³-hybridized carbons (Fsp3) is 0.190. The Morgan fingerprint density at radius 1 is 1.22 bits per heavy atom. The van der Waals surface area contributed by atoms with E-state index in [1.807, 2.05) is 0 Å². The van der Waals surface area contributed by atoms with Gasteiger partial charge in [-0.1, -0.05) is 23.7 Å². The number of halogens is 3. The summed E-state index contributed by atoms with van der Waals surface area (Å²) in [6.45, 7) is -2.94. The first kappa shape index (κ1) is 23.6. The van der Waals surface area contributed by atoms with Gasteiger partial charge in [0, 0.05) is 18.1 Å². The predicted molar refractivity (Wildman–Crippen MR) is 116 cm³/mol. The Labute approximate surface area is 191 Å². The van der Waals surface area contributed by atoms with Gasteiger partial charge in [-0.25, -0.2) is 0 Å². The Balaban J connectivity index is 1.60. The quantitative estimate of drug-likeness (QED) is 0.561. The maximum atomic E-state index is 12.6. The molecule has 1 N–H and O–H groups in total. The van der Waals surface area contributed by atoms with Gasteiger partial charge in [-0.3, -0.25) is 19.3 Å². The summed E-state index contributed by atoms with van der Waals surface area (Å²) in [5, 5.41) is 2.51. The molecule has 1 fully saturated rings. The number of hydrogen-bond donors (Lipinski definition) is 1. The molecule has 0 aliphatic carbocycles. The van der Waals surface area contributed by atoms with Gasteiger partial charge in [0.1, 0.15) is 11.5 Å². The van der Waals surface area contributed by atoms with E-state index >= 15 is 0 Å². The van der Waals surface area contributed by atoms with Crippen LogP contribution in [0.3, 0.4) is 0 Å². The maximum Gasteiger partial charge on any atom is 0.387 e. The first-order valence-corrected chi connectivity index (χ1v) is 10.4. The van der Waals surface area contributed by atoms with Crippen molar-refractivity contribution in [2.75, 3.05) is 20.2 Å². The molecular formula is C21H17ClF2N2O5S. The van der Waals surface area contributed by atoms with Gasteiger partial charge in [-0.05, 0) is 53.7 Å². The number of nitrogens with zero attached hydrogens (tertiary/aromatic N) is 1. The van der Waals surface area contributed by atoms with Crippen LogP contribution in [0.25, 0.3) is 6.08 Å². The fourth-order valence-electron chi connectivity index (χ4n) is 2.82. The van der Waals surface area contributed by atoms with Crippen molar-refractivity contribution in [2.45, 2.75) is 6.61 Å². The van der Waals surface area contributed by atoms with Crippen LogP contribution in [-0.2, 0) is 4.79 Å². The molecule has 0 bridgehead atoms. The Morgan fingerprint density at radius 2 is 1.94 bits per heavy atom. The molecule has 0 spiro atoms. The van der Waals surface area contributed by atoms with Crippen LogP contribution < -0.4 is 14.8 Å². The van der Waals surface area contributed by atoms with Gasteiger partial charge in [-0.2, -0.15) is 8.78 Å². The summed E-state index contributed by atoms with van der Waals surface area (Å²) in [4.78, 5) is 38.4. The minimum Gasteiger partial charge on any atom is -0.496 e. The third-order valence-corrected chi connectivity index (χ3v) is 5.45. The third kappa shape index (κ3) is 5.77. The van der Waals surface area contributed by atoms with E-state index in [4.69, 9.17) is 16.3 Å². The van der Waals surface area contributed by atoms with Crippen molar-refractivity contribution in [3.05, 3.63) is 63.5 Å². The van der Waals surface area contributed by atoms with Crippen molar-refractivity contribution in [1.82, 2.24) is 10.2 Å². The second-order valence-electron chi connectivity index (χ2n) is 6.38. The SMILES string of the molecule is COc1ccc(Cl)cc1C(=O)NCCN1C(=O)S/C(=C\c2ccc(OC(F)F)cc2)C1=O.